The van der Waals surface area contributed by atoms with Crippen molar-refractivity contribution in [3.8, 4) is 0 Å². The smallest absolute Gasteiger partial charge is 0.462 e. The number of esters is 1. The van der Waals surface area contributed by atoms with Crippen LogP contribution in [0.15, 0.2) is 18.6 Å². The van der Waals surface area contributed by atoms with E-state index in [-0.39, 0.29) is 12.4 Å². The number of nitrogens with one attached hydrogen (secondary N) is 1. The molecule has 0 bridgehead atoms. The van der Waals surface area contributed by atoms with Crippen molar-refractivity contribution in [1.29, 1.82) is 0 Å². The van der Waals surface area contributed by atoms with Gasteiger partial charge in [0.15, 0.2) is 12.4 Å². The van der Waals surface area contributed by atoms with Crippen molar-refractivity contribution in [2.75, 3.05) is 11.9 Å². The minimum Gasteiger partial charge on any atom is -0.462 e. The molecule has 13 heteroatoms. The van der Waals surface area contributed by atoms with E-state index in [2.05, 4.69) is 20.5 Å². The van der Waals surface area contributed by atoms with E-state index in [4.69, 9.17) is 4.74 Å². The summed E-state index contributed by atoms with van der Waals surface area (Å²) in [7, 11) is 0. The fourth-order valence-electron chi connectivity index (χ4n) is 3.45. The summed E-state index contributed by atoms with van der Waals surface area (Å²) in [5.41, 5.74) is 1.55. The molecule has 3 aromatic heterocycles. The third-order valence-corrected chi connectivity index (χ3v) is 6.10. The number of rotatable bonds is 8. The number of nitro groups is 1. The van der Waals surface area contributed by atoms with Gasteiger partial charge in [0.05, 0.1) is 12.2 Å². The lowest BCUT2D eigenvalue weighted by molar-refractivity contribution is -0.394. The molecular weight excluding hydrogens is 438 g/mol. The molecule has 0 atom stereocenters. The van der Waals surface area contributed by atoms with E-state index in [0.717, 1.165) is 36.1 Å². The Morgan fingerprint density at radius 2 is 2.09 bits per heavy atom. The number of carbonyl (C=O) groups excluding carboxylic acids is 2. The molecule has 3 heterocycles. The standard InChI is InChI=1S/C19H21N7O5S/c1-2-9-31-18(28)15-12-5-3-4-6-14(12)32-17(15)21-16(27)13-7-8-24(22-13)11-25-10-20-19(23-25)26(29)30/h7-8,10H,2-6,9,11H2,1H3,(H,21,27). The molecular formula is C19H21N7O5S. The first-order valence-electron chi connectivity index (χ1n) is 10.2. The van der Waals surface area contributed by atoms with Crippen molar-refractivity contribution in [3.05, 3.63) is 50.4 Å². The number of fused-ring (bicyclic) bond motifs is 1. The van der Waals surface area contributed by atoms with Crippen molar-refractivity contribution in [3.63, 3.8) is 0 Å². The molecule has 12 nitrogen and oxygen atoms in total. The predicted molar refractivity (Wildman–Crippen MR) is 114 cm³/mol. The highest BCUT2D eigenvalue weighted by atomic mass is 32.1. The lowest BCUT2D eigenvalue weighted by Gasteiger charge is -2.12. The number of hydrogen-bond donors (Lipinski definition) is 1. The van der Waals surface area contributed by atoms with Crippen LogP contribution < -0.4 is 5.32 Å². The summed E-state index contributed by atoms with van der Waals surface area (Å²) in [5, 5.41) is 21.9. The van der Waals surface area contributed by atoms with Crippen LogP contribution in [-0.2, 0) is 24.2 Å². The minimum atomic E-state index is -0.692. The SMILES string of the molecule is CCCOC(=O)c1c(NC(=O)c2ccn(Cn3cnc([N+](=O)[O-])n3)n2)sc2c1CCCC2. The largest absolute Gasteiger partial charge is 0.491 e. The van der Waals surface area contributed by atoms with Gasteiger partial charge in [0.25, 0.3) is 5.91 Å². The molecule has 1 N–H and O–H groups in total. The second kappa shape index (κ2) is 9.26. The Kier molecular flexibility index (Phi) is 6.25. The van der Waals surface area contributed by atoms with Crippen LogP contribution in [0.25, 0.3) is 0 Å². The quantitative estimate of drug-likeness (QED) is 0.307. The zero-order chi connectivity index (χ0) is 22.7. The number of hydrogen-bond acceptors (Lipinski definition) is 9. The highest BCUT2D eigenvalue weighted by molar-refractivity contribution is 7.17. The van der Waals surface area contributed by atoms with Crippen LogP contribution in [0.1, 0.15) is 57.5 Å². The number of aryl methyl sites for hydroxylation is 1. The molecule has 0 aromatic carbocycles. The van der Waals surface area contributed by atoms with Gasteiger partial charge >= 0.3 is 11.9 Å². The summed E-state index contributed by atoms with van der Waals surface area (Å²) in [5.74, 6) is -1.39. The lowest BCUT2D eigenvalue weighted by Crippen LogP contribution is -2.17. The molecule has 0 aliphatic heterocycles. The molecule has 0 saturated carbocycles. The van der Waals surface area contributed by atoms with Crippen LogP contribution in [-0.4, -0.2) is 48.0 Å². The maximum atomic E-state index is 12.8. The molecule has 4 rings (SSSR count). The Balaban J connectivity index is 1.51. The number of amides is 1. The number of ether oxygens (including phenoxy) is 1. The van der Waals surface area contributed by atoms with Crippen molar-refractivity contribution in [1.82, 2.24) is 24.5 Å². The van der Waals surface area contributed by atoms with Gasteiger partial charge in [-0.05, 0) is 48.7 Å². The molecule has 1 aliphatic carbocycles. The summed E-state index contributed by atoms with van der Waals surface area (Å²) >= 11 is 1.41. The van der Waals surface area contributed by atoms with Crippen molar-refractivity contribution < 1.29 is 19.2 Å². The van der Waals surface area contributed by atoms with E-state index < -0.39 is 22.7 Å². The second-order valence-electron chi connectivity index (χ2n) is 7.23. The van der Waals surface area contributed by atoms with E-state index in [1.54, 1.807) is 6.20 Å². The summed E-state index contributed by atoms with van der Waals surface area (Å²) in [6, 6.07) is 1.52. The molecule has 0 spiro atoms. The maximum absolute atomic E-state index is 12.8. The maximum Gasteiger partial charge on any atom is 0.491 e. The first kappa shape index (κ1) is 21.6. The molecule has 1 amide bonds. The van der Waals surface area contributed by atoms with Gasteiger partial charge in [-0.15, -0.1) is 11.3 Å². The monoisotopic (exact) mass is 459 g/mol. The molecule has 0 radical (unpaired) electrons. The summed E-state index contributed by atoms with van der Waals surface area (Å²) < 4.78 is 8.00. The van der Waals surface area contributed by atoms with E-state index in [1.165, 1.54) is 33.1 Å². The van der Waals surface area contributed by atoms with Gasteiger partial charge in [0, 0.05) is 16.2 Å². The van der Waals surface area contributed by atoms with E-state index in [1.807, 2.05) is 6.92 Å². The zero-order valence-electron chi connectivity index (χ0n) is 17.3. The molecule has 168 valence electrons. The van der Waals surface area contributed by atoms with Crippen LogP contribution in [0.4, 0.5) is 10.9 Å². The average Bonchev–Trinajstić information content (AvgIpc) is 3.50. The Bertz CT molecular complexity index is 1160. The minimum absolute atomic E-state index is 0.0516. The van der Waals surface area contributed by atoms with Crippen LogP contribution >= 0.6 is 11.3 Å². The Morgan fingerprint density at radius 1 is 1.28 bits per heavy atom. The molecule has 0 unspecified atom stereocenters. The summed E-state index contributed by atoms with van der Waals surface area (Å²) in [6.07, 6.45) is 7.19. The fraction of sp³-hybridized carbons (Fsp3) is 0.421. The van der Waals surface area contributed by atoms with Crippen molar-refractivity contribution in [2.45, 2.75) is 45.7 Å². The van der Waals surface area contributed by atoms with Crippen LogP contribution in [0.2, 0.25) is 0 Å². The Labute approximate surface area is 186 Å². The zero-order valence-corrected chi connectivity index (χ0v) is 18.1. The lowest BCUT2D eigenvalue weighted by atomic mass is 9.95. The number of anilines is 1. The molecule has 3 aromatic rings. The third kappa shape index (κ3) is 4.51. The van der Waals surface area contributed by atoms with E-state index in [0.29, 0.717) is 23.6 Å². The average molecular weight is 459 g/mol. The Morgan fingerprint density at radius 3 is 2.84 bits per heavy atom. The van der Waals surface area contributed by atoms with Gasteiger partial charge in [-0.3, -0.25) is 4.79 Å². The number of thiophene rings is 1. The van der Waals surface area contributed by atoms with E-state index in [9.17, 15) is 19.7 Å². The highest BCUT2D eigenvalue weighted by Crippen LogP contribution is 2.38. The number of nitrogens with zero attached hydrogens (tertiary/aromatic N) is 6. The van der Waals surface area contributed by atoms with Gasteiger partial charge in [0.2, 0.25) is 6.33 Å². The molecule has 0 fully saturated rings. The number of carbonyl (C=O) groups is 2. The molecule has 32 heavy (non-hydrogen) atoms. The van der Waals surface area contributed by atoms with E-state index >= 15 is 0 Å². The fourth-order valence-corrected chi connectivity index (χ4v) is 4.72. The third-order valence-electron chi connectivity index (χ3n) is 4.89. The van der Waals surface area contributed by atoms with Crippen molar-refractivity contribution >= 4 is 34.2 Å². The van der Waals surface area contributed by atoms with Gasteiger partial charge < -0.3 is 20.2 Å². The van der Waals surface area contributed by atoms with Gasteiger partial charge in [0.1, 0.15) is 5.00 Å². The summed E-state index contributed by atoms with van der Waals surface area (Å²) in [4.78, 5) is 40.2. The topological polar surface area (TPSA) is 147 Å². The normalized spacial score (nSPS) is 12.9. The van der Waals surface area contributed by atoms with Gasteiger partial charge in [-0.2, -0.15) is 9.78 Å². The molecule has 1 aliphatic rings. The first-order chi connectivity index (χ1) is 15.5. The van der Waals surface area contributed by atoms with Crippen molar-refractivity contribution in [2.24, 2.45) is 0 Å². The van der Waals surface area contributed by atoms with Crippen LogP contribution in [0.3, 0.4) is 0 Å². The number of aromatic nitrogens is 5. The van der Waals surface area contributed by atoms with Crippen LogP contribution in [0, 0.1) is 10.1 Å². The van der Waals surface area contributed by atoms with Gasteiger partial charge in [-0.1, -0.05) is 11.9 Å². The predicted octanol–water partition coefficient (Wildman–Crippen LogP) is 2.65. The van der Waals surface area contributed by atoms with Gasteiger partial charge in [-0.25, -0.2) is 9.48 Å². The highest BCUT2D eigenvalue weighted by Gasteiger charge is 2.28. The second-order valence-corrected chi connectivity index (χ2v) is 8.33. The Hall–Kier alpha value is -3.61. The van der Waals surface area contributed by atoms with Crippen LogP contribution in [0.5, 0.6) is 0 Å². The molecule has 0 saturated heterocycles. The summed E-state index contributed by atoms with van der Waals surface area (Å²) in [6.45, 7) is 2.30. The first-order valence-corrected chi connectivity index (χ1v) is 11.0.